The molecule has 0 saturated carbocycles. The number of aliphatic carboxylic acids is 1. The van der Waals surface area contributed by atoms with Gasteiger partial charge in [-0.05, 0) is 29.2 Å². The van der Waals surface area contributed by atoms with Gasteiger partial charge in [0.2, 0.25) is 0 Å². The molecule has 2 heterocycles. The molecule has 12 heavy (non-hydrogen) atoms. The van der Waals surface area contributed by atoms with Crippen LogP contribution in [0.2, 0.25) is 0 Å². The molecule has 4 heteroatoms. The van der Waals surface area contributed by atoms with Crippen molar-refractivity contribution in [3.8, 4) is 0 Å². The molecule has 1 aliphatic rings. The van der Waals surface area contributed by atoms with Crippen molar-refractivity contribution in [3.63, 3.8) is 0 Å². The maximum atomic E-state index is 10.8. The summed E-state index contributed by atoms with van der Waals surface area (Å²) in [6.07, 6.45) is 1.03. The van der Waals surface area contributed by atoms with Crippen LogP contribution < -0.4 is 0 Å². The third-order valence-electron chi connectivity index (χ3n) is 1.90. The summed E-state index contributed by atoms with van der Waals surface area (Å²) in [7, 11) is 0. The molecule has 0 unspecified atom stereocenters. The minimum absolute atomic E-state index is 0.319. The van der Waals surface area contributed by atoms with E-state index in [-0.39, 0.29) is 5.25 Å². The van der Waals surface area contributed by atoms with Gasteiger partial charge in [-0.2, -0.15) is 0 Å². The van der Waals surface area contributed by atoms with Gasteiger partial charge >= 0.3 is 5.97 Å². The van der Waals surface area contributed by atoms with Crippen LogP contribution in [0.4, 0.5) is 0 Å². The Hall–Kier alpha value is -0.480. The fourth-order valence-corrected chi connectivity index (χ4v) is 3.58. The third-order valence-corrected chi connectivity index (χ3v) is 4.13. The lowest BCUT2D eigenvalue weighted by molar-refractivity contribution is -0.136. The highest BCUT2D eigenvalue weighted by molar-refractivity contribution is 8.00. The first-order valence-corrected chi connectivity index (χ1v) is 5.62. The SMILES string of the molecule is O=C(O)[C@@H]1SCCc2sccc21. The summed E-state index contributed by atoms with van der Waals surface area (Å²) >= 11 is 3.20. The maximum absolute atomic E-state index is 10.8. The van der Waals surface area contributed by atoms with Gasteiger partial charge in [-0.3, -0.25) is 4.79 Å². The lowest BCUT2D eigenvalue weighted by atomic mass is 10.1. The first kappa shape index (κ1) is 8.13. The number of carboxylic acids is 1. The zero-order valence-electron chi connectivity index (χ0n) is 6.32. The summed E-state index contributed by atoms with van der Waals surface area (Å²) in [5, 5.41) is 10.5. The molecule has 2 rings (SSSR count). The Morgan fingerprint density at radius 2 is 2.50 bits per heavy atom. The average molecular weight is 200 g/mol. The van der Waals surface area contributed by atoms with Gasteiger partial charge in [0.05, 0.1) is 0 Å². The number of thiophene rings is 1. The van der Waals surface area contributed by atoms with Crippen molar-refractivity contribution in [2.45, 2.75) is 11.7 Å². The van der Waals surface area contributed by atoms with Crippen LogP contribution in [0.3, 0.4) is 0 Å². The Morgan fingerprint density at radius 1 is 1.67 bits per heavy atom. The smallest absolute Gasteiger partial charge is 0.321 e. The van der Waals surface area contributed by atoms with Crippen LogP contribution in [0.1, 0.15) is 15.7 Å². The zero-order valence-corrected chi connectivity index (χ0v) is 7.95. The molecule has 64 valence electrons. The van der Waals surface area contributed by atoms with Crippen LogP contribution in [0.5, 0.6) is 0 Å². The summed E-state index contributed by atoms with van der Waals surface area (Å²) in [4.78, 5) is 12.0. The van der Waals surface area contributed by atoms with Gasteiger partial charge < -0.3 is 5.11 Å². The van der Waals surface area contributed by atoms with E-state index in [2.05, 4.69) is 0 Å². The minimum Gasteiger partial charge on any atom is -0.480 e. The highest BCUT2D eigenvalue weighted by Crippen LogP contribution is 2.39. The number of carbonyl (C=O) groups is 1. The largest absolute Gasteiger partial charge is 0.480 e. The number of carboxylic acid groups (broad SMARTS) is 1. The molecule has 0 radical (unpaired) electrons. The second-order valence-corrected chi connectivity index (χ2v) is 4.85. The van der Waals surface area contributed by atoms with Crippen molar-refractivity contribution < 1.29 is 9.90 Å². The molecule has 1 atom stereocenters. The lowest BCUT2D eigenvalue weighted by Gasteiger charge is -2.17. The van der Waals surface area contributed by atoms with Crippen molar-refractivity contribution >= 4 is 29.1 Å². The summed E-state index contributed by atoms with van der Waals surface area (Å²) in [6, 6.07) is 1.94. The second-order valence-electron chi connectivity index (χ2n) is 2.64. The van der Waals surface area contributed by atoms with Gasteiger partial charge in [-0.25, -0.2) is 0 Å². The van der Waals surface area contributed by atoms with Gasteiger partial charge in [-0.1, -0.05) is 0 Å². The van der Waals surface area contributed by atoms with E-state index in [0.29, 0.717) is 0 Å². The Balaban J connectivity index is 2.37. The fraction of sp³-hybridized carbons (Fsp3) is 0.375. The van der Waals surface area contributed by atoms with E-state index >= 15 is 0 Å². The van der Waals surface area contributed by atoms with Gasteiger partial charge in [-0.15, -0.1) is 23.1 Å². The molecular weight excluding hydrogens is 192 g/mol. The predicted molar refractivity (Wildman–Crippen MR) is 50.9 cm³/mol. The third kappa shape index (κ3) is 1.25. The molecule has 1 aliphatic heterocycles. The molecule has 1 N–H and O–H groups in total. The molecule has 0 amide bonds. The second kappa shape index (κ2) is 3.11. The van der Waals surface area contributed by atoms with E-state index in [1.54, 1.807) is 11.3 Å². The van der Waals surface area contributed by atoms with Gasteiger partial charge in [0.1, 0.15) is 5.25 Å². The van der Waals surface area contributed by atoms with Crippen molar-refractivity contribution in [3.05, 3.63) is 21.9 Å². The first-order valence-electron chi connectivity index (χ1n) is 3.69. The van der Waals surface area contributed by atoms with Crippen molar-refractivity contribution in [1.29, 1.82) is 0 Å². The number of rotatable bonds is 1. The number of aryl methyl sites for hydroxylation is 1. The number of fused-ring (bicyclic) bond motifs is 1. The highest BCUT2D eigenvalue weighted by atomic mass is 32.2. The van der Waals surface area contributed by atoms with Crippen LogP contribution in [0.15, 0.2) is 11.4 Å². The predicted octanol–water partition coefficient (Wildman–Crippen LogP) is 2.16. The normalized spacial score (nSPS) is 21.8. The van der Waals surface area contributed by atoms with Gasteiger partial charge in [0.25, 0.3) is 0 Å². The fourth-order valence-electron chi connectivity index (χ4n) is 1.35. The Morgan fingerprint density at radius 3 is 3.25 bits per heavy atom. The molecule has 0 aromatic carbocycles. The highest BCUT2D eigenvalue weighted by Gasteiger charge is 2.27. The molecule has 0 spiro atoms. The summed E-state index contributed by atoms with van der Waals surface area (Å²) in [6.45, 7) is 0. The average Bonchev–Trinajstić information content (AvgIpc) is 2.49. The first-order chi connectivity index (χ1) is 5.79. The molecule has 1 aromatic heterocycles. The van der Waals surface area contributed by atoms with Crippen LogP contribution in [0.25, 0.3) is 0 Å². The Labute approximate surface area is 78.6 Å². The molecular formula is C8H8O2S2. The Kier molecular flexibility index (Phi) is 2.11. The van der Waals surface area contributed by atoms with E-state index in [9.17, 15) is 4.79 Å². The van der Waals surface area contributed by atoms with Crippen LogP contribution in [0, 0.1) is 0 Å². The zero-order chi connectivity index (χ0) is 8.55. The number of hydrogen-bond donors (Lipinski definition) is 1. The van der Waals surface area contributed by atoms with E-state index in [1.165, 1.54) is 16.6 Å². The summed E-state index contributed by atoms with van der Waals surface area (Å²) < 4.78 is 0. The lowest BCUT2D eigenvalue weighted by Crippen LogP contribution is -2.13. The van der Waals surface area contributed by atoms with Crippen LogP contribution >= 0.6 is 23.1 Å². The summed E-state index contributed by atoms with van der Waals surface area (Å²) in [5.41, 5.74) is 1.02. The van der Waals surface area contributed by atoms with Crippen LogP contribution in [-0.2, 0) is 11.2 Å². The van der Waals surface area contributed by atoms with E-state index in [1.807, 2.05) is 11.4 Å². The van der Waals surface area contributed by atoms with Crippen LogP contribution in [-0.4, -0.2) is 16.8 Å². The number of thioether (sulfide) groups is 1. The van der Waals surface area contributed by atoms with E-state index < -0.39 is 5.97 Å². The van der Waals surface area contributed by atoms with Gasteiger partial charge in [0, 0.05) is 4.88 Å². The molecule has 1 aromatic rings. The van der Waals surface area contributed by atoms with E-state index in [0.717, 1.165) is 17.7 Å². The van der Waals surface area contributed by atoms with Crippen molar-refractivity contribution in [1.82, 2.24) is 0 Å². The Bertz CT molecular complexity index is 306. The topological polar surface area (TPSA) is 37.3 Å². The molecule has 2 nitrogen and oxygen atoms in total. The minimum atomic E-state index is -0.709. The molecule has 0 saturated heterocycles. The monoisotopic (exact) mass is 200 g/mol. The maximum Gasteiger partial charge on any atom is 0.321 e. The van der Waals surface area contributed by atoms with Crippen molar-refractivity contribution in [2.24, 2.45) is 0 Å². The quantitative estimate of drug-likeness (QED) is 0.755. The van der Waals surface area contributed by atoms with Gasteiger partial charge in [0.15, 0.2) is 0 Å². The molecule has 0 bridgehead atoms. The molecule has 0 fully saturated rings. The summed E-state index contributed by atoms with van der Waals surface area (Å²) in [5.74, 6) is 0.226. The van der Waals surface area contributed by atoms with Crippen molar-refractivity contribution in [2.75, 3.05) is 5.75 Å². The van der Waals surface area contributed by atoms with E-state index in [4.69, 9.17) is 5.11 Å². The number of hydrogen-bond acceptors (Lipinski definition) is 3. The molecule has 0 aliphatic carbocycles. The standard InChI is InChI=1S/C8H8O2S2/c9-8(10)7-5-1-3-11-6(5)2-4-12-7/h1,3,7H,2,4H2,(H,9,10)/t7-/m1/s1.